The van der Waals surface area contributed by atoms with Crippen LogP contribution < -0.4 is 10.5 Å². The molecule has 0 saturated carbocycles. The predicted octanol–water partition coefficient (Wildman–Crippen LogP) is 3.79. The molecule has 0 bridgehead atoms. The maximum atomic E-state index is 13.4. The molecule has 0 aromatic carbocycles. The number of thioether (sulfide) groups is 1. The number of piperidine rings is 1. The van der Waals surface area contributed by atoms with Gasteiger partial charge in [0.15, 0.2) is 0 Å². The van der Waals surface area contributed by atoms with Crippen LogP contribution in [0.1, 0.15) is 39.2 Å². The number of anilines is 1. The molecule has 4 heterocycles. The summed E-state index contributed by atoms with van der Waals surface area (Å²) in [7, 11) is 0. The Labute approximate surface area is 186 Å². The van der Waals surface area contributed by atoms with Crippen LogP contribution in [0.25, 0.3) is 11.7 Å². The normalized spacial score (nSPS) is 19.7. The smallest absolute Gasteiger partial charge is 0.267 e. The highest BCUT2D eigenvalue weighted by Gasteiger charge is 2.33. The highest BCUT2D eigenvalue weighted by molar-refractivity contribution is 8.26. The molecule has 0 N–H and O–H groups in total. The molecule has 2 aromatic rings. The van der Waals surface area contributed by atoms with Crippen molar-refractivity contribution in [1.29, 1.82) is 0 Å². The van der Waals surface area contributed by atoms with Crippen molar-refractivity contribution in [2.24, 2.45) is 11.8 Å². The zero-order chi connectivity index (χ0) is 21.4. The molecule has 0 spiro atoms. The minimum absolute atomic E-state index is 0.130. The fraction of sp³-hybridized carbons (Fsp3) is 0.455. The Morgan fingerprint density at radius 3 is 2.70 bits per heavy atom. The second-order valence-electron chi connectivity index (χ2n) is 8.44. The third-order valence-electron chi connectivity index (χ3n) is 5.53. The minimum atomic E-state index is -0.164. The first-order valence-corrected chi connectivity index (χ1v) is 11.6. The number of hydrogen-bond acceptors (Lipinski definition) is 6. The first kappa shape index (κ1) is 21.1. The monoisotopic (exact) mass is 442 g/mol. The van der Waals surface area contributed by atoms with Gasteiger partial charge in [0.1, 0.15) is 15.8 Å². The van der Waals surface area contributed by atoms with Gasteiger partial charge in [-0.2, -0.15) is 0 Å². The van der Waals surface area contributed by atoms with Gasteiger partial charge >= 0.3 is 0 Å². The van der Waals surface area contributed by atoms with Crippen LogP contribution in [-0.2, 0) is 4.79 Å². The van der Waals surface area contributed by atoms with E-state index in [1.54, 1.807) is 17.2 Å². The average molecular weight is 443 g/mol. The van der Waals surface area contributed by atoms with Crippen molar-refractivity contribution in [2.45, 2.75) is 33.6 Å². The molecule has 2 aromatic heterocycles. The lowest BCUT2D eigenvalue weighted by Crippen LogP contribution is -2.36. The quantitative estimate of drug-likeness (QED) is 0.530. The molecular weight excluding hydrogens is 416 g/mol. The Balaban J connectivity index is 1.81. The van der Waals surface area contributed by atoms with E-state index in [1.165, 1.54) is 16.2 Å². The van der Waals surface area contributed by atoms with E-state index in [-0.39, 0.29) is 11.5 Å². The number of amides is 1. The van der Waals surface area contributed by atoms with E-state index in [9.17, 15) is 9.59 Å². The lowest BCUT2D eigenvalue weighted by atomic mass is 9.99. The molecule has 0 aliphatic carbocycles. The molecule has 6 nitrogen and oxygen atoms in total. The number of thiocarbonyl (C=S) groups is 1. The molecule has 0 radical (unpaired) electrons. The van der Waals surface area contributed by atoms with Gasteiger partial charge in [-0.3, -0.25) is 18.9 Å². The second-order valence-corrected chi connectivity index (χ2v) is 10.1. The van der Waals surface area contributed by atoms with Crippen LogP contribution in [0.3, 0.4) is 0 Å². The van der Waals surface area contributed by atoms with Crippen LogP contribution in [0.4, 0.5) is 5.82 Å². The van der Waals surface area contributed by atoms with E-state index >= 15 is 0 Å². The van der Waals surface area contributed by atoms with Crippen LogP contribution in [0.2, 0.25) is 0 Å². The standard InChI is InChI=1S/C22H26N4O2S2/c1-14(2)13-26-21(28)17(30-22(26)29)12-16-19(24-10-7-15(3)8-11-24)23-18-6-4-5-9-25(18)20(16)27/h4-6,9,12,14-15H,7-8,10-11,13H2,1-3H3. The first-order valence-electron chi connectivity index (χ1n) is 10.4. The summed E-state index contributed by atoms with van der Waals surface area (Å²) in [6.07, 6.45) is 5.54. The zero-order valence-electron chi connectivity index (χ0n) is 17.5. The largest absolute Gasteiger partial charge is 0.356 e. The number of carbonyl (C=O) groups is 1. The molecule has 2 aliphatic rings. The van der Waals surface area contributed by atoms with E-state index in [4.69, 9.17) is 17.2 Å². The summed E-state index contributed by atoms with van der Waals surface area (Å²) in [5.41, 5.74) is 0.905. The van der Waals surface area contributed by atoms with Crippen LogP contribution in [0.15, 0.2) is 34.1 Å². The van der Waals surface area contributed by atoms with Gasteiger partial charge in [0.25, 0.3) is 11.5 Å². The number of rotatable bonds is 4. The molecular formula is C22H26N4O2S2. The lowest BCUT2D eigenvalue weighted by Gasteiger charge is -2.32. The van der Waals surface area contributed by atoms with Crippen molar-refractivity contribution >= 4 is 51.7 Å². The van der Waals surface area contributed by atoms with Gasteiger partial charge < -0.3 is 4.90 Å². The van der Waals surface area contributed by atoms with E-state index in [0.29, 0.717) is 44.6 Å². The van der Waals surface area contributed by atoms with Crippen molar-refractivity contribution in [3.8, 4) is 0 Å². The summed E-state index contributed by atoms with van der Waals surface area (Å²) in [4.78, 5) is 35.5. The maximum absolute atomic E-state index is 13.4. The van der Waals surface area contributed by atoms with E-state index in [1.807, 2.05) is 18.2 Å². The Hall–Kier alpha value is -2.19. The third-order valence-corrected chi connectivity index (χ3v) is 6.91. The Morgan fingerprint density at radius 2 is 2.00 bits per heavy atom. The summed E-state index contributed by atoms with van der Waals surface area (Å²) in [5.74, 6) is 1.51. The molecule has 2 saturated heterocycles. The van der Waals surface area contributed by atoms with Gasteiger partial charge in [0.05, 0.1) is 10.5 Å². The maximum Gasteiger partial charge on any atom is 0.267 e. The van der Waals surface area contributed by atoms with Gasteiger partial charge in [-0.05, 0) is 42.9 Å². The molecule has 4 rings (SSSR count). The topological polar surface area (TPSA) is 57.9 Å². The average Bonchev–Trinajstić information content (AvgIpc) is 2.97. The Bertz CT molecular complexity index is 1080. The zero-order valence-corrected chi connectivity index (χ0v) is 19.1. The number of aromatic nitrogens is 2. The van der Waals surface area contributed by atoms with Crippen molar-refractivity contribution in [3.05, 3.63) is 45.2 Å². The van der Waals surface area contributed by atoms with Crippen molar-refractivity contribution < 1.29 is 4.79 Å². The van der Waals surface area contributed by atoms with Gasteiger partial charge in [0.2, 0.25) is 0 Å². The fourth-order valence-electron chi connectivity index (χ4n) is 3.83. The predicted molar refractivity (Wildman–Crippen MR) is 127 cm³/mol. The highest BCUT2D eigenvalue weighted by atomic mass is 32.2. The lowest BCUT2D eigenvalue weighted by molar-refractivity contribution is -0.122. The van der Waals surface area contributed by atoms with Crippen LogP contribution in [0.5, 0.6) is 0 Å². The summed E-state index contributed by atoms with van der Waals surface area (Å²) in [5, 5.41) is 0. The van der Waals surface area contributed by atoms with Crippen LogP contribution in [0, 0.1) is 11.8 Å². The van der Waals surface area contributed by atoms with Gasteiger partial charge in [-0.1, -0.05) is 50.8 Å². The summed E-state index contributed by atoms with van der Waals surface area (Å²) < 4.78 is 2.08. The minimum Gasteiger partial charge on any atom is -0.356 e. The molecule has 30 heavy (non-hydrogen) atoms. The van der Waals surface area contributed by atoms with Crippen LogP contribution in [-0.4, -0.2) is 44.1 Å². The van der Waals surface area contributed by atoms with Gasteiger partial charge in [-0.15, -0.1) is 0 Å². The van der Waals surface area contributed by atoms with Gasteiger partial charge in [-0.25, -0.2) is 4.98 Å². The molecule has 0 atom stereocenters. The van der Waals surface area contributed by atoms with E-state index in [0.717, 1.165) is 25.9 Å². The molecule has 2 aliphatic heterocycles. The molecule has 158 valence electrons. The van der Waals surface area contributed by atoms with Crippen molar-refractivity contribution in [1.82, 2.24) is 14.3 Å². The molecule has 0 unspecified atom stereocenters. The number of carbonyl (C=O) groups excluding carboxylic acids is 1. The number of hydrogen-bond donors (Lipinski definition) is 0. The molecule has 1 amide bonds. The third kappa shape index (κ3) is 4.03. The molecule has 8 heteroatoms. The number of fused-ring (bicyclic) bond motifs is 1. The highest BCUT2D eigenvalue weighted by Crippen LogP contribution is 2.34. The number of pyridine rings is 1. The van der Waals surface area contributed by atoms with E-state index < -0.39 is 0 Å². The Morgan fingerprint density at radius 1 is 1.27 bits per heavy atom. The second kappa shape index (κ2) is 8.51. The summed E-state index contributed by atoms with van der Waals surface area (Å²) in [6, 6.07) is 5.52. The fourth-order valence-corrected chi connectivity index (χ4v) is 5.09. The van der Waals surface area contributed by atoms with Crippen LogP contribution >= 0.6 is 24.0 Å². The molecule has 2 fully saturated rings. The first-order chi connectivity index (χ1) is 14.3. The van der Waals surface area contributed by atoms with E-state index in [2.05, 4.69) is 25.7 Å². The van der Waals surface area contributed by atoms with Crippen molar-refractivity contribution in [3.63, 3.8) is 0 Å². The van der Waals surface area contributed by atoms with Crippen molar-refractivity contribution in [2.75, 3.05) is 24.5 Å². The summed E-state index contributed by atoms with van der Waals surface area (Å²) in [6.45, 7) is 8.64. The SMILES string of the molecule is CC(C)CN1C(=O)C(=Cc2c(N3CCC(C)CC3)nc3ccccn3c2=O)SC1=S. The number of nitrogens with zero attached hydrogens (tertiary/aromatic N) is 4. The summed E-state index contributed by atoms with van der Waals surface area (Å²) >= 11 is 6.69. The van der Waals surface area contributed by atoms with Gasteiger partial charge in [0, 0.05) is 25.8 Å². The Kier molecular flexibility index (Phi) is 5.97.